The lowest BCUT2D eigenvalue weighted by molar-refractivity contribution is 0.226. The maximum absolute atomic E-state index is 4.19. The molecular formula is C12H17N3. The van der Waals surface area contributed by atoms with Gasteiger partial charge in [0.2, 0.25) is 0 Å². The van der Waals surface area contributed by atoms with Gasteiger partial charge >= 0.3 is 0 Å². The highest BCUT2D eigenvalue weighted by atomic mass is 15.2. The fourth-order valence-corrected chi connectivity index (χ4v) is 2.62. The van der Waals surface area contributed by atoms with Gasteiger partial charge in [0.25, 0.3) is 0 Å². The molecule has 0 spiro atoms. The molecule has 0 saturated carbocycles. The Kier molecular flexibility index (Phi) is 2.33. The van der Waals surface area contributed by atoms with Crippen molar-refractivity contribution in [3.8, 4) is 0 Å². The molecule has 1 N–H and O–H groups in total. The molecule has 1 aromatic heterocycles. The fraction of sp³-hybridized carbons (Fsp3) is 0.583. The summed E-state index contributed by atoms with van der Waals surface area (Å²) in [6.45, 7) is 3.58. The van der Waals surface area contributed by atoms with Crippen LogP contribution < -0.4 is 10.2 Å². The highest BCUT2D eigenvalue weighted by Gasteiger charge is 2.32. The summed E-state index contributed by atoms with van der Waals surface area (Å²) in [4.78, 5) is 6.65. The van der Waals surface area contributed by atoms with Crippen molar-refractivity contribution in [2.24, 2.45) is 5.92 Å². The molecule has 1 aromatic rings. The molecule has 3 nitrogen and oxygen atoms in total. The highest BCUT2D eigenvalue weighted by Crippen LogP contribution is 2.26. The molecule has 15 heavy (non-hydrogen) atoms. The number of pyridine rings is 1. The van der Waals surface area contributed by atoms with Gasteiger partial charge in [-0.05, 0) is 37.4 Å². The van der Waals surface area contributed by atoms with Crippen LogP contribution in [0.2, 0.25) is 0 Å². The molecule has 3 heterocycles. The van der Waals surface area contributed by atoms with Crippen LogP contribution in [0.1, 0.15) is 12.8 Å². The minimum absolute atomic E-state index is 0.784. The minimum atomic E-state index is 0.784. The van der Waals surface area contributed by atoms with Gasteiger partial charge in [0.05, 0.1) is 11.9 Å². The Morgan fingerprint density at radius 3 is 3.00 bits per heavy atom. The molecule has 2 aliphatic rings. The average molecular weight is 203 g/mol. The number of fused-ring (bicyclic) bond motifs is 1. The smallest absolute Gasteiger partial charge is 0.0552 e. The second-order valence-electron chi connectivity index (χ2n) is 4.55. The number of anilines is 1. The third-order valence-electron chi connectivity index (χ3n) is 3.70. The topological polar surface area (TPSA) is 28.2 Å². The van der Waals surface area contributed by atoms with Gasteiger partial charge in [-0.25, -0.2) is 0 Å². The van der Waals surface area contributed by atoms with Gasteiger partial charge < -0.3 is 10.2 Å². The van der Waals surface area contributed by atoms with Gasteiger partial charge in [0, 0.05) is 25.3 Å². The predicted octanol–water partition coefficient (Wildman–Crippen LogP) is 1.27. The van der Waals surface area contributed by atoms with E-state index in [2.05, 4.69) is 21.3 Å². The average Bonchev–Trinajstić information content (AvgIpc) is 2.40. The zero-order valence-corrected chi connectivity index (χ0v) is 8.89. The van der Waals surface area contributed by atoms with Crippen LogP contribution in [0.15, 0.2) is 24.5 Å². The minimum Gasteiger partial charge on any atom is -0.370 e. The Morgan fingerprint density at radius 2 is 2.27 bits per heavy atom. The van der Waals surface area contributed by atoms with E-state index >= 15 is 0 Å². The van der Waals surface area contributed by atoms with E-state index in [1.807, 2.05) is 18.5 Å². The van der Waals surface area contributed by atoms with Crippen molar-refractivity contribution < 1.29 is 0 Å². The van der Waals surface area contributed by atoms with Crippen molar-refractivity contribution in [3.63, 3.8) is 0 Å². The first-order chi connectivity index (χ1) is 7.43. The van der Waals surface area contributed by atoms with Gasteiger partial charge in [0.15, 0.2) is 0 Å². The number of nitrogens with zero attached hydrogens (tertiary/aromatic N) is 2. The molecule has 2 fully saturated rings. The number of nitrogens with one attached hydrogen (secondary N) is 1. The van der Waals surface area contributed by atoms with E-state index in [0.717, 1.165) is 12.0 Å². The Bertz CT molecular complexity index is 311. The molecule has 80 valence electrons. The molecule has 0 amide bonds. The lowest BCUT2D eigenvalue weighted by Gasteiger charge is -2.36. The van der Waals surface area contributed by atoms with Crippen molar-refractivity contribution in [1.82, 2.24) is 10.3 Å². The van der Waals surface area contributed by atoms with Crippen LogP contribution in [0.3, 0.4) is 0 Å². The van der Waals surface area contributed by atoms with E-state index in [-0.39, 0.29) is 0 Å². The number of hydrogen-bond donors (Lipinski definition) is 1. The summed E-state index contributed by atoms with van der Waals surface area (Å²) in [6.07, 6.45) is 6.42. The van der Waals surface area contributed by atoms with Gasteiger partial charge in [-0.1, -0.05) is 0 Å². The molecule has 0 radical (unpaired) electrons. The van der Waals surface area contributed by atoms with Crippen LogP contribution in [0.4, 0.5) is 5.69 Å². The number of aromatic nitrogens is 1. The molecule has 3 rings (SSSR count). The Balaban J connectivity index is 1.72. The Morgan fingerprint density at radius 1 is 1.33 bits per heavy atom. The monoisotopic (exact) mass is 203 g/mol. The quantitative estimate of drug-likeness (QED) is 0.745. The maximum Gasteiger partial charge on any atom is 0.0552 e. The van der Waals surface area contributed by atoms with Crippen molar-refractivity contribution in [2.75, 3.05) is 24.5 Å². The van der Waals surface area contributed by atoms with Crippen LogP contribution in [0, 0.1) is 5.92 Å². The summed E-state index contributed by atoms with van der Waals surface area (Å²) < 4.78 is 0. The molecule has 0 bridgehead atoms. The summed E-state index contributed by atoms with van der Waals surface area (Å²) in [5.74, 6) is 0.923. The fourth-order valence-electron chi connectivity index (χ4n) is 2.62. The van der Waals surface area contributed by atoms with Crippen molar-refractivity contribution in [3.05, 3.63) is 24.5 Å². The Hall–Kier alpha value is -1.09. The molecule has 2 atom stereocenters. The molecular weight excluding hydrogens is 186 g/mol. The normalized spacial score (nSPS) is 30.3. The summed E-state index contributed by atoms with van der Waals surface area (Å²) in [7, 11) is 0. The van der Waals surface area contributed by atoms with Crippen LogP contribution >= 0.6 is 0 Å². The van der Waals surface area contributed by atoms with E-state index in [4.69, 9.17) is 0 Å². The van der Waals surface area contributed by atoms with Gasteiger partial charge in [-0.15, -0.1) is 0 Å². The second kappa shape index (κ2) is 3.81. The predicted molar refractivity (Wildman–Crippen MR) is 61.0 cm³/mol. The first-order valence-electron chi connectivity index (χ1n) is 5.82. The van der Waals surface area contributed by atoms with E-state index in [9.17, 15) is 0 Å². The summed E-state index contributed by atoms with van der Waals surface area (Å²) in [6, 6.07) is 4.97. The van der Waals surface area contributed by atoms with E-state index < -0.39 is 0 Å². The van der Waals surface area contributed by atoms with Crippen molar-refractivity contribution in [1.29, 1.82) is 0 Å². The standard InChI is InChI=1S/C12H17N3/c1-2-11(9-13-5-1)15-6-3-10-8-14-12(10)4-7-15/h1-2,5,9-10,12,14H,3-4,6-8H2. The zero-order chi connectivity index (χ0) is 10.1. The van der Waals surface area contributed by atoms with Crippen LogP contribution in [-0.4, -0.2) is 30.7 Å². The number of hydrogen-bond acceptors (Lipinski definition) is 3. The zero-order valence-electron chi connectivity index (χ0n) is 8.89. The SMILES string of the molecule is c1cncc(N2CCC3CNC3CC2)c1. The first-order valence-corrected chi connectivity index (χ1v) is 5.82. The molecule has 2 aliphatic heterocycles. The molecule has 0 aliphatic carbocycles. The summed E-state index contributed by atoms with van der Waals surface area (Å²) in [5, 5.41) is 3.52. The lowest BCUT2D eigenvalue weighted by atomic mass is 9.88. The second-order valence-corrected chi connectivity index (χ2v) is 4.55. The molecule has 2 unspecified atom stereocenters. The lowest BCUT2D eigenvalue weighted by Crippen LogP contribution is -2.52. The van der Waals surface area contributed by atoms with E-state index in [1.165, 1.54) is 38.2 Å². The highest BCUT2D eigenvalue weighted by molar-refractivity contribution is 5.43. The summed E-state index contributed by atoms with van der Waals surface area (Å²) in [5.41, 5.74) is 1.28. The Labute approximate surface area is 90.5 Å². The van der Waals surface area contributed by atoms with Gasteiger partial charge in [0.1, 0.15) is 0 Å². The van der Waals surface area contributed by atoms with Gasteiger partial charge in [-0.3, -0.25) is 4.98 Å². The molecule has 3 heteroatoms. The maximum atomic E-state index is 4.19. The first kappa shape index (κ1) is 9.16. The van der Waals surface area contributed by atoms with Gasteiger partial charge in [-0.2, -0.15) is 0 Å². The molecule has 2 saturated heterocycles. The number of rotatable bonds is 1. The van der Waals surface area contributed by atoms with E-state index in [1.54, 1.807) is 0 Å². The van der Waals surface area contributed by atoms with Crippen LogP contribution in [-0.2, 0) is 0 Å². The van der Waals surface area contributed by atoms with Crippen LogP contribution in [0.25, 0.3) is 0 Å². The third-order valence-corrected chi connectivity index (χ3v) is 3.70. The molecule has 0 aromatic carbocycles. The summed E-state index contributed by atoms with van der Waals surface area (Å²) >= 11 is 0. The van der Waals surface area contributed by atoms with Crippen molar-refractivity contribution in [2.45, 2.75) is 18.9 Å². The van der Waals surface area contributed by atoms with E-state index in [0.29, 0.717) is 0 Å². The van der Waals surface area contributed by atoms with Crippen LogP contribution in [0.5, 0.6) is 0 Å². The van der Waals surface area contributed by atoms with Crippen molar-refractivity contribution >= 4 is 5.69 Å². The largest absolute Gasteiger partial charge is 0.370 e. The third kappa shape index (κ3) is 1.72.